The number of nitrogens with zero attached hydrogens (tertiary/aromatic N) is 2. The number of ether oxygens (including phenoxy) is 2. The van der Waals surface area contributed by atoms with E-state index in [1.54, 1.807) is 46.2 Å². The van der Waals surface area contributed by atoms with Crippen LogP contribution in [0.4, 0.5) is 20.6 Å². The standard InChI is InChI=1S/C23H25ClFN3O3/c1-23(2,3)31-22(29)27-11-12-28(15-5-7-19(25)18(24)13-15)21-9-10-26-20-8-6-16(30-4)14-17(20)21/h5-10,13-14H,11-12H2,1-4H3,(H,27,29). The molecule has 0 atom stereocenters. The van der Waals surface area contributed by atoms with Crippen molar-refractivity contribution in [2.45, 2.75) is 26.4 Å². The molecule has 1 N–H and O–H groups in total. The maximum atomic E-state index is 13.8. The molecule has 0 unspecified atom stereocenters. The van der Waals surface area contributed by atoms with Crippen LogP contribution in [-0.4, -0.2) is 36.9 Å². The maximum Gasteiger partial charge on any atom is 0.407 e. The Bertz CT molecular complexity index is 1090. The number of benzene rings is 2. The highest BCUT2D eigenvalue weighted by Gasteiger charge is 2.18. The Balaban J connectivity index is 1.96. The fraction of sp³-hybridized carbons (Fsp3) is 0.304. The van der Waals surface area contributed by atoms with Gasteiger partial charge in [0.1, 0.15) is 17.2 Å². The summed E-state index contributed by atoms with van der Waals surface area (Å²) < 4.78 is 24.4. The minimum Gasteiger partial charge on any atom is -0.497 e. The number of pyridine rings is 1. The third-order valence-corrected chi connectivity index (χ3v) is 4.72. The number of aromatic nitrogens is 1. The van der Waals surface area contributed by atoms with Crippen molar-refractivity contribution in [2.75, 3.05) is 25.1 Å². The number of carbonyl (C=O) groups is 1. The van der Waals surface area contributed by atoms with Gasteiger partial charge in [-0.1, -0.05) is 11.6 Å². The van der Waals surface area contributed by atoms with Crippen molar-refractivity contribution in [1.82, 2.24) is 10.3 Å². The lowest BCUT2D eigenvalue weighted by atomic mass is 10.1. The molecule has 6 nitrogen and oxygen atoms in total. The van der Waals surface area contributed by atoms with E-state index in [0.29, 0.717) is 18.0 Å². The second-order valence-corrected chi connectivity index (χ2v) is 8.30. The molecule has 0 aliphatic carbocycles. The predicted octanol–water partition coefficient (Wildman–Crippen LogP) is 5.70. The average Bonchev–Trinajstić information content (AvgIpc) is 2.71. The van der Waals surface area contributed by atoms with E-state index in [1.165, 1.54) is 6.07 Å². The van der Waals surface area contributed by atoms with Gasteiger partial charge in [0.05, 0.1) is 23.3 Å². The van der Waals surface area contributed by atoms with Crippen molar-refractivity contribution in [3.8, 4) is 5.75 Å². The summed E-state index contributed by atoms with van der Waals surface area (Å²) in [5, 5.41) is 3.61. The van der Waals surface area contributed by atoms with Gasteiger partial charge in [-0.15, -0.1) is 0 Å². The van der Waals surface area contributed by atoms with Gasteiger partial charge in [-0.2, -0.15) is 0 Å². The van der Waals surface area contributed by atoms with E-state index in [1.807, 2.05) is 29.2 Å². The maximum absolute atomic E-state index is 13.8. The van der Waals surface area contributed by atoms with Gasteiger partial charge >= 0.3 is 6.09 Å². The molecular formula is C23H25ClFN3O3. The van der Waals surface area contributed by atoms with Gasteiger partial charge < -0.3 is 19.7 Å². The van der Waals surface area contributed by atoms with Crippen LogP contribution in [-0.2, 0) is 4.74 Å². The van der Waals surface area contributed by atoms with Gasteiger partial charge in [-0.05, 0) is 63.2 Å². The first-order valence-electron chi connectivity index (χ1n) is 9.80. The van der Waals surface area contributed by atoms with E-state index in [-0.39, 0.29) is 11.6 Å². The van der Waals surface area contributed by atoms with Crippen molar-refractivity contribution in [3.63, 3.8) is 0 Å². The molecule has 0 spiro atoms. The van der Waals surface area contributed by atoms with Crippen LogP contribution < -0.4 is 15.0 Å². The number of halogens is 2. The van der Waals surface area contributed by atoms with Crippen molar-refractivity contribution >= 4 is 40.0 Å². The Labute approximate surface area is 185 Å². The molecule has 0 radical (unpaired) electrons. The molecule has 0 fully saturated rings. The summed E-state index contributed by atoms with van der Waals surface area (Å²) in [7, 11) is 1.60. The number of methoxy groups -OCH3 is 1. The summed E-state index contributed by atoms with van der Waals surface area (Å²) in [6.07, 6.45) is 1.19. The molecule has 0 aliphatic heterocycles. The molecule has 31 heavy (non-hydrogen) atoms. The van der Waals surface area contributed by atoms with Crippen LogP contribution in [0.5, 0.6) is 5.75 Å². The first-order chi connectivity index (χ1) is 14.7. The predicted molar refractivity (Wildman–Crippen MR) is 121 cm³/mol. The van der Waals surface area contributed by atoms with Crippen LogP contribution in [0.3, 0.4) is 0 Å². The summed E-state index contributed by atoms with van der Waals surface area (Å²) in [5.74, 6) is 0.184. The van der Waals surface area contributed by atoms with Gasteiger partial charge in [0.15, 0.2) is 0 Å². The molecular weight excluding hydrogens is 421 g/mol. The van der Waals surface area contributed by atoms with E-state index in [0.717, 1.165) is 16.6 Å². The molecule has 1 amide bonds. The molecule has 3 rings (SSSR count). The summed E-state index contributed by atoms with van der Waals surface area (Å²) in [4.78, 5) is 18.4. The van der Waals surface area contributed by atoms with E-state index in [9.17, 15) is 9.18 Å². The Kier molecular flexibility index (Phi) is 6.85. The Morgan fingerprint density at radius 2 is 1.97 bits per heavy atom. The Morgan fingerprint density at radius 1 is 1.19 bits per heavy atom. The average molecular weight is 446 g/mol. The molecule has 0 saturated heterocycles. The minimum absolute atomic E-state index is 0.0125. The zero-order valence-electron chi connectivity index (χ0n) is 17.9. The molecule has 8 heteroatoms. The molecule has 0 aliphatic rings. The highest BCUT2D eigenvalue weighted by atomic mass is 35.5. The van der Waals surface area contributed by atoms with Crippen molar-refractivity contribution in [2.24, 2.45) is 0 Å². The first kappa shape index (κ1) is 22.6. The summed E-state index contributed by atoms with van der Waals surface area (Å²) in [6, 6.07) is 12.0. The molecule has 2 aromatic carbocycles. The lowest BCUT2D eigenvalue weighted by Gasteiger charge is -2.27. The number of fused-ring (bicyclic) bond motifs is 1. The highest BCUT2D eigenvalue weighted by Crippen LogP contribution is 2.34. The van der Waals surface area contributed by atoms with Crippen molar-refractivity contribution < 1.29 is 18.7 Å². The Morgan fingerprint density at radius 3 is 2.65 bits per heavy atom. The highest BCUT2D eigenvalue weighted by molar-refractivity contribution is 6.31. The lowest BCUT2D eigenvalue weighted by molar-refractivity contribution is 0.0529. The molecule has 0 bridgehead atoms. The largest absolute Gasteiger partial charge is 0.497 e. The van der Waals surface area contributed by atoms with E-state index < -0.39 is 17.5 Å². The van der Waals surface area contributed by atoms with Crippen LogP contribution >= 0.6 is 11.6 Å². The zero-order valence-corrected chi connectivity index (χ0v) is 18.7. The number of amides is 1. The molecule has 1 aromatic heterocycles. The minimum atomic E-state index is -0.591. The number of alkyl carbamates (subject to hydrolysis) is 1. The summed E-state index contributed by atoms with van der Waals surface area (Å²) >= 11 is 6.04. The Hall–Kier alpha value is -3.06. The molecule has 3 aromatic rings. The van der Waals surface area contributed by atoms with Gasteiger partial charge in [-0.3, -0.25) is 4.98 Å². The lowest BCUT2D eigenvalue weighted by Crippen LogP contribution is -2.37. The summed E-state index contributed by atoms with van der Waals surface area (Å²) in [5.41, 5.74) is 1.67. The fourth-order valence-corrected chi connectivity index (χ4v) is 3.27. The normalized spacial score (nSPS) is 11.3. The van der Waals surface area contributed by atoms with Crippen LogP contribution in [0.1, 0.15) is 20.8 Å². The number of carbonyl (C=O) groups excluding carboxylic acids is 1. The van der Waals surface area contributed by atoms with E-state index in [2.05, 4.69) is 10.3 Å². The third kappa shape index (κ3) is 5.76. The van der Waals surface area contributed by atoms with Crippen LogP contribution in [0.2, 0.25) is 5.02 Å². The van der Waals surface area contributed by atoms with E-state index in [4.69, 9.17) is 21.1 Å². The van der Waals surface area contributed by atoms with Crippen molar-refractivity contribution in [1.29, 1.82) is 0 Å². The van der Waals surface area contributed by atoms with Crippen LogP contribution in [0, 0.1) is 5.82 Å². The first-order valence-corrected chi connectivity index (χ1v) is 10.2. The number of nitrogens with one attached hydrogen (secondary N) is 1. The molecule has 0 saturated carbocycles. The molecule has 1 heterocycles. The smallest absolute Gasteiger partial charge is 0.407 e. The van der Waals surface area contributed by atoms with E-state index >= 15 is 0 Å². The fourth-order valence-electron chi connectivity index (χ4n) is 3.10. The number of hydrogen-bond acceptors (Lipinski definition) is 5. The van der Waals surface area contributed by atoms with Crippen LogP contribution in [0.25, 0.3) is 10.9 Å². The topological polar surface area (TPSA) is 63.7 Å². The van der Waals surface area contributed by atoms with Gasteiger partial charge in [0, 0.05) is 30.4 Å². The van der Waals surface area contributed by atoms with Gasteiger partial charge in [0.25, 0.3) is 0 Å². The number of anilines is 2. The van der Waals surface area contributed by atoms with Gasteiger partial charge in [0.2, 0.25) is 0 Å². The quantitative estimate of drug-likeness (QED) is 0.527. The number of hydrogen-bond donors (Lipinski definition) is 1. The third-order valence-electron chi connectivity index (χ3n) is 4.43. The second kappa shape index (κ2) is 9.39. The summed E-state index contributed by atoms with van der Waals surface area (Å²) in [6.45, 7) is 6.08. The molecule has 164 valence electrons. The monoisotopic (exact) mass is 445 g/mol. The van der Waals surface area contributed by atoms with Crippen molar-refractivity contribution in [3.05, 3.63) is 59.5 Å². The zero-order chi connectivity index (χ0) is 22.6. The van der Waals surface area contributed by atoms with Gasteiger partial charge in [-0.25, -0.2) is 9.18 Å². The SMILES string of the molecule is COc1ccc2nccc(N(CCNC(=O)OC(C)(C)C)c3ccc(F)c(Cl)c3)c2c1. The number of rotatable bonds is 6. The second-order valence-electron chi connectivity index (χ2n) is 7.89. The van der Waals surface area contributed by atoms with Crippen LogP contribution in [0.15, 0.2) is 48.7 Å².